The number of anilines is 1. The Bertz CT molecular complexity index is 1960. The molecule has 2 N–H and O–H groups in total. The largest absolute Gasteiger partial charge is 0.392 e. The number of nitrogens with zero attached hydrogens (tertiary/aromatic N) is 7. The van der Waals surface area contributed by atoms with Crippen LogP contribution in [-0.4, -0.2) is 122 Å². The molecule has 0 radical (unpaired) electrons. The molecule has 1 unspecified atom stereocenters. The van der Waals surface area contributed by atoms with Gasteiger partial charge in [0.2, 0.25) is 5.91 Å². The number of piperazine rings is 1. The van der Waals surface area contributed by atoms with E-state index in [9.17, 15) is 19.5 Å². The van der Waals surface area contributed by atoms with Crippen LogP contribution in [0.3, 0.4) is 0 Å². The molecular weight excluding hydrogens is 686 g/mol. The molecular formula is C35H39ClF2N8O5. The predicted octanol–water partition coefficient (Wildman–Crippen LogP) is 3.44. The Morgan fingerprint density at radius 2 is 1.71 bits per heavy atom. The molecule has 16 heteroatoms. The van der Waals surface area contributed by atoms with Gasteiger partial charge in [-0.3, -0.25) is 24.0 Å². The second-order valence-electron chi connectivity index (χ2n) is 12.7. The summed E-state index contributed by atoms with van der Waals surface area (Å²) in [5.41, 5.74) is 1.84. The summed E-state index contributed by atoms with van der Waals surface area (Å²) in [5.74, 6) is -3.15. The van der Waals surface area contributed by atoms with Crippen molar-refractivity contribution < 1.29 is 33.0 Å². The normalized spacial score (nSPS) is 16.6. The number of hydrogen-bond acceptors (Lipinski definition) is 8. The number of hydrogen-bond donors (Lipinski definition) is 2. The summed E-state index contributed by atoms with van der Waals surface area (Å²) in [6.45, 7) is 5.54. The molecule has 51 heavy (non-hydrogen) atoms. The van der Waals surface area contributed by atoms with Crippen LogP contribution in [0, 0.1) is 18.6 Å². The summed E-state index contributed by atoms with van der Waals surface area (Å²) in [6.07, 6.45) is 3.04. The molecule has 0 aliphatic carbocycles. The first kappa shape index (κ1) is 36.1. The van der Waals surface area contributed by atoms with Crippen molar-refractivity contribution in [3.05, 3.63) is 76.5 Å². The number of aliphatic hydroxyl groups is 1. The first-order chi connectivity index (χ1) is 24.5. The fraction of sp³-hybridized carbons (Fsp3) is 0.400. The number of nitrogens with one attached hydrogen (secondary N) is 1. The Balaban J connectivity index is 1.09. The highest BCUT2D eigenvalue weighted by atomic mass is 35.5. The molecule has 2 fully saturated rings. The molecule has 270 valence electrons. The van der Waals surface area contributed by atoms with Crippen molar-refractivity contribution in [1.29, 1.82) is 0 Å². The zero-order valence-electron chi connectivity index (χ0n) is 28.5. The number of likely N-dealkylation sites (tertiary alicyclic amines) is 1. The van der Waals surface area contributed by atoms with Gasteiger partial charge >= 0.3 is 0 Å². The van der Waals surface area contributed by atoms with E-state index in [4.69, 9.17) is 16.3 Å². The van der Waals surface area contributed by atoms with Gasteiger partial charge in [0.25, 0.3) is 11.8 Å². The molecule has 2 aromatic heterocycles. The van der Waals surface area contributed by atoms with Gasteiger partial charge in [-0.1, -0.05) is 17.7 Å². The number of halogens is 3. The van der Waals surface area contributed by atoms with Gasteiger partial charge in [-0.25, -0.2) is 13.8 Å². The van der Waals surface area contributed by atoms with Crippen molar-refractivity contribution in [2.45, 2.75) is 26.0 Å². The van der Waals surface area contributed by atoms with E-state index >= 15 is 8.78 Å². The molecule has 2 saturated heterocycles. The number of aliphatic hydroxyl groups excluding tert-OH is 1. The summed E-state index contributed by atoms with van der Waals surface area (Å²) in [5, 5.41) is 16.8. The average molecular weight is 725 g/mol. The number of rotatable bonds is 10. The van der Waals surface area contributed by atoms with E-state index in [1.54, 1.807) is 28.5 Å². The topological polar surface area (TPSA) is 138 Å². The highest BCUT2D eigenvalue weighted by Crippen LogP contribution is 2.33. The van der Waals surface area contributed by atoms with Crippen LogP contribution < -0.4 is 5.32 Å². The van der Waals surface area contributed by atoms with Crippen LogP contribution in [0.1, 0.15) is 33.1 Å². The van der Waals surface area contributed by atoms with Crippen molar-refractivity contribution in [3.63, 3.8) is 0 Å². The summed E-state index contributed by atoms with van der Waals surface area (Å²) in [7, 11) is 3.09. The molecule has 4 heterocycles. The van der Waals surface area contributed by atoms with Crippen LogP contribution >= 0.6 is 11.6 Å². The molecule has 0 spiro atoms. The van der Waals surface area contributed by atoms with E-state index in [-0.39, 0.29) is 51.6 Å². The Morgan fingerprint density at radius 3 is 2.39 bits per heavy atom. The van der Waals surface area contributed by atoms with E-state index < -0.39 is 23.6 Å². The van der Waals surface area contributed by atoms with Crippen LogP contribution in [0.5, 0.6) is 0 Å². The number of benzene rings is 2. The Hall–Kier alpha value is -4.70. The number of ether oxygens (including phenoxy) is 1. The number of amides is 3. The number of methoxy groups -OCH3 is 1. The smallest absolute Gasteiger partial charge is 0.291 e. The minimum atomic E-state index is -1.09. The fourth-order valence-electron chi connectivity index (χ4n) is 6.47. The second-order valence-corrected chi connectivity index (χ2v) is 13.1. The fourth-order valence-corrected chi connectivity index (χ4v) is 6.73. The zero-order chi connectivity index (χ0) is 36.4. The third kappa shape index (κ3) is 7.52. The quantitative estimate of drug-likeness (QED) is 0.254. The summed E-state index contributed by atoms with van der Waals surface area (Å²) in [4.78, 5) is 48.7. The minimum absolute atomic E-state index is 0.0297. The second kappa shape index (κ2) is 15.3. The SMILES string of the molecule is COCCn1ncc(-c2ccc(-c3cnc(C(=O)Nc4ccc(C(=O)N5CCN(C(=O)CN6CCC(O)C6)CC5)c(Cl)c4)n3C)c(F)c2F)c1C. The molecule has 3 amide bonds. The number of imidazole rings is 1. The van der Waals surface area contributed by atoms with Gasteiger partial charge in [0.15, 0.2) is 17.5 Å². The van der Waals surface area contributed by atoms with Crippen LogP contribution in [0.4, 0.5) is 14.5 Å². The molecule has 2 aromatic carbocycles. The van der Waals surface area contributed by atoms with E-state index in [1.807, 2.05) is 4.90 Å². The van der Waals surface area contributed by atoms with Crippen LogP contribution in [-0.2, 0) is 23.1 Å². The zero-order valence-corrected chi connectivity index (χ0v) is 29.3. The third-order valence-electron chi connectivity index (χ3n) is 9.43. The first-order valence-electron chi connectivity index (χ1n) is 16.6. The average Bonchev–Trinajstić information content (AvgIpc) is 3.82. The molecule has 0 saturated carbocycles. The molecule has 4 aromatic rings. The molecule has 6 rings (SSSR count). The van der Waals surface area contributed by atoms with Gasteiger partial charge in [-0.2, -0.15) is 5.10 Å². The maximum Gasteiger partial charge on any atom is 0.291 e. The molecule has 0 bridgehead atoms. The standard InChI is InChI=1S/C35H39ClF2N8O5/c1-21-27(17-40-46(21)14-15-51-3)24-6-7-26(32(38)31(24)37)29-18-39-33(42(29)2)34(49)41-22-4-5-25(28(36)16-22)35(50)45-12-10-44(11-13-45)30(48)20-43-9-8-23(47)19-43/h4-7,16-18,23,47H,8-15,19-20H2,1-3H3,(H,41,49). The number of aromatic nitrogens is 4. The maximum atomic E-state index is 15.5. The Kier molecular flexibility index (Phi) is 10.8. The Morgan fingerprint density at radius 1 is 1.00 bits per heavy atom. The van der Waals surface area contributed by atoms with Gasteiger partial charge < -0.3 is 29.5 Å². The van der Waals surface area contributed by atoms with Crippen LogP contribution in [0.2, 0.25) is 5.02 Å². The maximum absolute atomic E-state index is 15.5. The molecule has 2 aliphatic rings. The lowest BCUT2D eigenvalue weighted by atomic mass is 10.0. The third-order valence-corrected chi connectivity index (χ3v) is 9.75. The van der Waals surface area contributed by atoms with Crippen LogP contribution in [0.15, 0.2) is 42.7 Å². The van der Waals surface area contributed by atoms with Crippen molar-refractivity contribution in [1.82, 2.24) is 34.0 Å². The number of carbonyl (C=O) groups excluding carboxylic acids is 3. The number of carbonyl (C=O) groups is 3. The number of β-amino-alcohol motifs (C(OH)–C–C–N with tert-alkyl or cyclic N) is 1. The van der Waals surface area contributed by atoms with Gasteiger partial charge in [-0.15, -0.1) is 0 Å². The van der Waals surface area contributed by atoms with Crippen molar-refractivity contribution >= 4 is 35.0 Å². The molecule has 1 atom stereocenters. The van der Waals surface area contributed by atoms with Gasteiger partial charge in [0.1, 0.15) is 0 Å². The van der Waals surface area contributed by atoms with Crippen molar-refractivity contribution in [2.24, 2.45) is 7.05 Å². The summed E-state index contributed by atoms with van der Waals surface area (Å²) in [6, 6.07) is 7.42. The summed E-state index contributed by atoms with van der Waals surface area (Å²) < 4.78 is 39.0. The van der Waals surface area contributed by atoms with E-state index in [0.29, 0.717) is 75.8 Å². The van der Waals surface area contributed by atoms with Crippen molar-refractivity contribution in [3.8, 4) is 22.4 Å². The highest BCUT2D eigenvalue weighted by molar-refractivity contribution is 6.34. The minimum Gasteiger partial charge on any atom is -0.392 e. The van der Waals surface area contributed by atoms with Crippen LogP contribution in [0.25, 0.3) is 22.4 Å². The lowest BCUT2D eigenvalue weighted by Crippen LogP contribution is -2.52. The van der Waals surface area contributed by atoms with Crippen molar-refractivity contribution in [2.75, 3.05) is 64.8 Å². The molecule has 13 nitrogen and oxygen atoms in total. The van der Waals surface area contributed by atoms with E-state index in [2.05, 4.69) is 15.4 Å². The lowest BCUT2D eigenvalue weighted by Gasteiger charge is -2.35. The predicted molar refractivity (Wildman–Crippen MR) is 185 cm³/mol. The van der Waals surface area contributed by atoms with E-state index in [0.717, 1.165) is 0 Å². The molecule has 2 aliphatic heterocycles. The summed E-state index contributed by atoms with van der Waals surface area (Å²) >= 11 is 6.50. The lowest BCUT2D eigenvalue weighted by molar-refractivity contribution is -0.133. The monoisotopic (exact) mass is 724 g/mol. The first-order valence-corrected chi connectivity index (χ1v) is 16.9. The Labute approximate surface area is 298 Å². The van der Waals surface area contributed by atoms with Gasteiger partial charge in [-0.05, 0) is 37.6 Å². The highest BCUT2D eigenvalue weighted by Gasteiger charge is 2.29. The van der Waals surface area contributed by atoms with Gasteiger partial charge in [0, 0.05) is 81.5 Å². The van der Waals surface area contributed by atoms with Gasteiger partial charge in [0.05, 0.1) is 54.5 Å². The van der Waals surface area contributed by atoms with E-state index in [1.165, 1.54) is 54.3 Å².